The van der Waals surface area contributed by atoms with Crippen LogP contribution in [0.1, 0.15) is 32.4 Å². The number of urea groups is 1. The first kappa shape index (κ1) is 17.0. The number of carbonyl (C=O) groups excluding carboxylic acids is 2. The van der Waals surface area contributed by atoms with Crippen molar-refractivity contribution in [2.24, 2.45) is 11.7 Å². The molecule has 0 aliphatic carbocycles. The van der Waals surface area contributed by atoms with E-state index in [1.165, 1.54) is 4.90 Å². The van der Waals surface area contributed by atoms with Gasteiger partial charge in [0.15, 0.2) is 0 Å². The number of primary amides is 1. The third-order valence-corrected chi connectivity index (χ3v) is 2.86. The number of rotatable bonds is 6. The number of carbonyl (C=O) groups is 2. The van der Waals surface area contributed by atoms with Gasteiger partial charge in [0.1, 0.15) is 6.54 Å². The van der Waals surface area contributed by atoms with Gasteiger partial charge < -0.3 is 21.1 Å². The highest BCUT2D eigenvalue weighted by Gasteiger charge is 2.17. The van der Waals surface area contributed by atoms with Gasteiger partial charge in [-0.1, -0.05) is 26.0 Å². The number of aliphatic hydroxyl groups is 1. The van der Waals surface area contributed by atoms with Gasteiger partial charge in [0.2, 0.25) is 5.91 Å². The first-order valence-corrected chi connectivity index (χ1v) is 6.92. The summed E-state index contributed by atoms with van der Waals surface area (Å²) in [6.45, 7) is 5.92. The van der Waals surface area contributed by atoms with E-state index in [9.17, 15) is 14.7 Å². The predicted octanol–water partition coefficient (Wildman–Crippen LogP) is 1.72. The lowest BCUT2D eigenvalue weighted by Crippen LogP contribution is -2.42. The van der Waals surface area contributed by atoms with E-state index < -0.39 is 12.0 Å². The summed E-state index contributed by atoms with van der Waals surface area (Å²) >= 11 is 0. The van der Waals surface area contributed by atoms with Crippen LogP contribution in [0, 0.1) is 5.92 Å². The topological polar surface area (TPSA) is 95.7 Å². The molecule has 21 heavy (non-hydrogen) atoms. The molecule has 1 unspecified atom stereocenters. The Bertz CT molecular complexity index is 483. The largest absolute Gasteiger partial charge is 0.389 e. The molecule has 0 saturated heterocycles. The molecule has 0 spiro atoms. The van der Waals surface area contributed by atoms with Crippen molar-refractivity contribution in [3.8, 4) is 0 Å². The molecular formula is C15H23N3O3. The second-order valence-corrected chi connectivity index (χ2v) is 5.47. The Labute approximate surface area is 124 Å². The molecule has 0 aliphatic heterocycles. The van der Waals surface area contributed by atoms with E-state index in [-0.39, 0.29) is 18.5 Å². The third kappa shape index (κ3) is 5.83. The summed E-state index contributed by atoms with van der Waals surface area (Å²) in [5.74, 6) is -0.317. The van der Waals surface area contributed by atoms with Crippen LogP contribution < -0.4 is 11.1 Å². The van der Waals surface area contributed by atoms with Crippen molar-refractivity contribution in [3.63, 3.8) is 0 Å². The summed E-state index contributed by atoms with van der Waals surface area (Å²) in [4.78, 5) is 24.6. The molecule has 116 valence electrons. The van der Waals surface area contributed by atoms with E-state index in [1.54, 1.807) is 31.2 Å². The van der Waals surface area contributed by atoms with Gasteiger partial charge in [-0.2, -0.15) is 0 Å². The minimum Gasteiger partial charge on any atom is -0.389 e. The number of nitrogens with two attached hydrogens (primary N) is 1. The van der Waals surface area contributed by atoms with Crippen LogP contribution in [-0.2, 0) is 4.79 Å². The fourth-order valence-corrected chi connectivity index (χ4v) is 1.90. The van der Waals surface area contributed by atoms with Crippen molar-refractivity contribution in [1.82, 2.24) is 4.90 Å². The van der Waals surface area contributed by atoms with Crippen molar-refractivity contribution in [2.45, 2.75) is 26.9 Å². The van der Waals surface area contributed by atoms with E-state index in [0.717, 1.165) is 5.56 Å². The van der Waals surface area contributed by atoms with E-state index in [0.29, 0.717) is 12.2 Å². The van der Waals surface area contributed by atoms with Gasteiger partial charge >= 0.3 is 6.03 Å². The third-order valence-electron chi connectivity index (χ3n) is 2.86. The zero-order chi connectivity index (χ0) is 16.0. The second-order valence-electron chi connectivity index (χ2n) is 5.47. The molecule has 0 fully saturated rings. The molecule has 6 nitrogen and oxygen atoms in total. The van der Waals surface area contributed by atoms with Crippen molar-refractivity contribution in [1.29, 1.82) is 0 Å². The van der Waals surface area contributed by atoms with Crippen molar-refractivity contribution >= 4 is 17.6 Å². The predicted molar refractivity (Wildman–Crippen MR) is 81.7 cm³/mol. The number of nitrogens with zero attached hydrogens (tertiary/aromatic N) is 1. The average Bonchev–Trinajstić information content (AvgIpc) is 2.37. The molecule has 6 heteroatoms. The SMILES string of the molecule is CC(C)CN(CC(N)=O)C(=O)Nc1ccc(C(C)O)cc1. The Morgan fingerprint density at radius 3 is 2.24 bits per heavy atom. The Kier molecular flexibility index (Phi) is 6.17. The molecule has 0 saturated carbocycles. The normalized spacial score (nSPS) is 12.0. The summed E-state index contributed by atoms with van der Waals surface area (Å²) in [6, 6.07) is 6.52. The molecular weight excluding hydrogens is 270 g/mol. The van der Waals surface area contributed by atoms with Crippen molar-refractivity contribution in [3.05, 3.63) is 29.8 Å². The van der Waals surface area contributed by atoms with Crippen LogP contribution in [0.4, 0.5) is 10.5 Å². The minimum atomic E-state index is -0.554. The lowest BCUT2D eigenvalue weighted by Gasteiger charge is -2.23. The molecule has 0 aromatic heterocycles. The van der Waals surface area contributed by atoms with Gasteiger partial charge in [0.25, 0.3) is 0 Å². The zero-order valence-corrected chi connectivity index (χ0v) is 12.7. The zero-order valence-electron chi connectivity index (χ0n) is 12.7. The smallest absolute Gasteiger partial charge is 0.322 e. The highest BCUT2D eigenvalue weighted by Crippen LogP contribution is 2.16. The highest BCUT2D eigenvalue weighted by atomic mass is 16.3. The van der Waals surface area contributed by atoms with Gasteiger partial charge in [-0.3, -0.25) is 4.79 Å². The van der Waals surface area contributed by atoms with Crippen molar-refractivity contribution < 1.29 is 14.7 Å². The second kappa shape index (κ2) is 7.64. The molecule has 0 bridgehead atoms. The number of anilines is 1. The van der Waals surface area contributed by atoms with Gasteiger partial charge in [0.05, 0.1) is 6.10 Å². The maximum absolute atomic E-state index is 12.2. The van der Waals surface area contributed by atoms with E-state index in [4.69, 9.17) is 5.73 Å². The fraction of sp³-hybridized carbons (Fsp3) is 0.467. The van der Waals surface area contributed by atoms with Crippen LogP contribution in [0.25, 0.3) is 0 Å². The van der Waals surface area contributed by atoms with Crippen LogP contribution in [0.2, 0.25) is 0 Å². The van der Waals surface area contributed by atoms with Gasteiger partial charge in [-0.15, -0.1) is 0 Å². The number of hydrogen-bond acceptors (Lipinski definition) is 3. The van der Waals surface area contributed by atoms with E-state index in [2.05, 4.69) is 5.32 Å². The molecule has 1 aromatic carbocycles. The highest BCUT2D eigenvalue weighted by molar-refractivity contribution is 5.92. The van der Waals surface area contributed by atoms with Crippen LogP contribution in [-0.4, -0.2) is 35.0 Å². The Balaban J connectivity index is 2.73. The fourth-order valence-electron chi connectivity index (χ4n) is 1.90. The first-order chi connectivity index (χ1) is 9.79. The van der Waals surface area contributed by atoms with Gasteiger partial charge in [0, 0.05) is 12.2 Å². The molecule has 1 rings (SSSR count). The lowest BCUT2D eigenvalue weighted by molar-refractivity contribution is -0.118. The lowest BCUT2D eigenvalue weighted by atomic mass is 10.1. The van der Waals surface area contributed by atoms with Crippen LogP contribution in [0.5, 0.6) is 0 Å². The molecule has 3 amide bonds. The summed E-state index contributed by atoms with van der Waals surface area (Å²) in [5, 5.41) is 12.2. The van der Waals surface area contributed by atoms with Crippen LogP contribution >= 0.6 is 0 Å². The molecule has 0 aliphatic rings. The number of hydrogen-bond donors (Lipinski definition) is 3. The number of aliphatic hydroxyl groups excluding tert-OH is 1. The maximum Gasteiger partial charge on any atom is 0.322 e. The molecule has 4 N–H and O–H groups in total. The molecule has 1 aromatic rings. The van der Waals surface area contributed by atoms with Gasteiger partial charge in [-0.25, -0.2) is 4.79 Å². The molecule has 1 atom stereocenters. The molecule has 0 radical (unpaired) electrons. The Morgan fingerprint density at radius 2 is 1.81 bits per heavy atom. The number of amides is 3. The Morgan fingerprint density at radius 1 is 1.24 bits per heavy atom. The van der Waals surface area contributed by atoms with Crippen molar-refractivity contribution in [2.75, 3.05) is 18.4 Å². The van der Waals surface area contributed by atoms with E-state index in [1.807, 2.05) is 13.8 Å². The van der Waals surface area contributed by atoms with Gasteiger partial charge in [-0.05, 0) is 30.5 Å². The number of benzene rings is 1. The van der Waals surface area contributed by atoms with Crippen LogP contribution in [0.3, 0.4) is 0 Å². The summed E-state index contributed by atoms with van der Waals surface area (Å²) in [6.07, 6.45) is -0.554. The maximum atomic E-state index is 12.2. The van der Waals surface area contributed by atoms with E-state index >= 15 is 0 Å². The quantitative estimate of drug-likeness (QED) is 0.745. The Hall–Kier alpha value is -2.08. The minimum absolute atomic E-state index is 0.115. The summed E-state index contributed by atoms with van der Waals surface area (Å²) < 4.78 is 0. The average molecular weight is 293 g/mol. The standard InChI is InChI=1S/C15H23N3O3/c1-10(2)8-18(9-14(16)20)15(21)17-13-6-4-12(5-7-13)11(3)19/h4-7,10-11,19H,8-9H2,1-3H3,(H2,16,20)(H,17,21). The monoisotopic (exact) mass is 293 g/mol. The van der Waals surface area contributed by atoms with Crippen LogP contribution in [0.15, 0.2) is 24.3 Å². The molecule has 0 heterocycles. The summed E-state index contributed by atoms with van der Waals surface area (Å²) in [7, 11) is 0. The number of nitrogens with one attached hydrogen (secondary N) is 1. The summed E-state index contributed by atoms with van der Waals surface area (Å²) in [5.41, 5.74) is 6.53. The first-order valence-electron chi connectivity index (χ1n) is 6.92.